The highest BCUT2D eigenvalue weighted by Crippen LogP contribution is 2.12. The van der Waals surface area contributed by atoms with Crippen molar-refractivity contribution in [3.05, 3.63) is 12.4 Å². The van der Waals surface area contributed by atoms with Gasteiger partial charge in [-0.05, 0) is 13.3 Å². The SMILES string of the molecule is CCCC(C)(CO)NC(=O)Nc1cnn(CCOC)c1. The molecule has 1 aromatic rings. The number of nitrogens with one attached hydrogen (secondary N) is 2. The lowest BCUT2D eigenvalue weighted by atomic mass is 9.98. The molecular weight excluding hydrogens is 260 g/mol. The quantitative estimate of drug-likeness (QED) is 0.669. The molecule has 7 heteroatoms. The van der Waals surface area contributed by atoms with Gasteiger partial charge in [-0.1, -0.05) is 13.3 Å². The number of aliphatic hydroxyl groups is 1. The second kappa shape index (κ2) is 7.86. The zero-order valence-electron chi connectivity index (χ0n) is 12.3. The van der Waals surface area contributed by atoms with Gasteiger partial charge < -0.3 is 20.5 Å². The van der Waals surface area contributed by atoms with E-state index in [9.17, 15) is 9.90 Å². The Labute approximate surface area is 119 Å². The van der Waals surface area contributed by atoms with Crippen molar-refractivity contribution in [1.82, 2.24) is 15.1 Å². The highest BCUT2D eigenvalue weighted by Gasteiger charge is 2.24. The van der Waals surface area contributed by atoms with E-state index in [2.05, 4.69) is 15.7 Å². The van der Waals surface area contributed by atoms with Crippen LogP contribution in [-0.4, -0.2) is 46.8 Å². The van der Waals surface area contributed by atoms with Crippen LogP contribution < -0.4 is 10.6 Å². The van der Waals surface area contributed by atoms with Crippen molar-refractivity contribution >= 4 is 11.7 Å². The number of rotatable bonds is 8. The second-order valence-corrected chi connectivity index (χ2v) is 5.03. The molecule has 0 spiro atoms. The van der Waals surface area contributed by atoms with Crippen molar-refractivity contribution < 1.29 is 14.6 Å². The first-order chi connectivity index (χ1) is 9.53. The smallest absolute Gasteiger partial charge is 0.319 e. The Hall–Kier alpha value is -1.60. The Bertz CT molecular complexity index is 422. The molecule has 0 aliphatic rings. The third-order valence-corrected chi connectivity index (χ3v) is 2.98. The molecule has 7 nitrogen and oxygen atoms in total. The zero-order chi connectivity index (χ0) is 15.0. The number of carbonyl (C=O) groups excluding carboxylic acids is 1. The molecule has 0 aliphatic heterocycles. The fourth-order valence-corrected chi connectivity index (χ4v) is 1.90. The lowest BCUT2D eigenvalue weighted by Crippen LogP contribution is -2.50. The topological polar surface area (TPSA) is 88.4 Å². The van der Waals surface area contributed by atoms with Crippen LogP contribution in [0.1, 0.15) is 26.7 Å². The molecule has 0 bridgehead atoms. The van der Waals surface area contributed by atoms with Crippen LogP contribution in [0.5, 0.6) is 0 Å². The summed E-state index contributed by atoms with van der Waals surface area (Å²) >= 11 is 0. The van der Waals surface area contributed by atoms with E-state index in [1.807, 2.05) is 13.8 Å². The molecule has 1 heterocycles. The third kappa shape index (κ3) is 5.18. The molecule has 1 unspecified atom stereocenters. The van der Waals surface area contributed by atoms with Crippen molar-refractivity contribution in [3.8, 4) is 0 Å². The summed E-state index contributed by atoms with van der Waals surface area (Å²) in [6, 6.07) is -0.346. The second-order valence-electron chi connectivity index (χ2n) is 5.03. The summed E-state index contributed by atoms with van der Waals surface area (Å²) in [6.45, 7) is 4.92. The van der Waals surface area contributed by atoms with Crippen LogP contribution >= 0.6 is 0 Å². The van der Waals surface area contributed by atoms with Gasteiger partial charge in [-0.2, -0.15) is 5.10 Å². The summed E-state index contributed by atoms with van der Waals surface area (Å²) in [6.07, 6.45) is 4.90. The first-order valence-corrected chi connectivity index (χ1v) is 6.74. The normalized spacial score (nSPS) is 13.8. The Morgan fingerprint density at radius 2 is 2.35 bits per heavy atom. The van der Waals surface area contributed by atoms with Crippen molar-refractivity contribution in [2.75, 3.05) is 25.6 Å². The Balaban J connectivity index is 2.51. The van der Waals surface area contributed by atoms with Gasteiger partial charge in [0.15, 0.2) is 0 Å². The number of amides is 2. The van der Waals surface area contributed by atoms with E-state index in [1.54, 1.807) is 24.2 Å². The maximum atomic E-state index is 11.9. The predicted octanol–water partition coefficient (Wildman–Crippen LogP) is 1.20. The lowest BCUT2D eigenvalue weighted by molar-refractivity contribution is 0.167. The number of methoxy groups -OCH3 is 1. The number of hydrogen-bond donors (Lipinski definition) is 3. The van der Waals surface area contributed by atoms with E-state index in [-0.39, 0.29) is 12.6 Å². The summed E-state index contributed by atoms with van der Waals surface area (Å²) < 4.78 is 6.65. The molecular formula is C13H24N4O3. The van der Waals surface area contributed by atoms with E-state index in [1.165, 1.54) is 0 Å². The molecule has 0 aliphatic carbocycles. The summed E-state index contributed by atoms with van der Waals surface area (Å²) in [4.78, 5) is 11.9. The number of nitrogens with zero attached hydrogens (tertiary/aromatic N) is 2. The standard InChI is InChI=1S/C13H24N4O3/c1-4-5-13(2,10-18)16-12(19)15-11-8-14-17(9-11)6-7-20-3/h8-9,18H,4-7,10H2,1-3H3,(H2,15,16,19). The molecule has 20 heavy (non-hydrogen) atoms. The lowest BCUT2D eigenvalue weighted by Gasteiger charge is -2.28. The molecule has 3 N–H and O–H groups in total. The molecule has 0 fully saturated rings. The van der Waals surface area contributed by atoms with Crippen molar-refractivity contribution in [3.63, 3.8) is 0 Å². The van der Waals surface area contributed by atoms with Gasteiger partial charge in [0.25, 0.3) is 0 Å². The number of aliphatic hydroxyl groups excluding tert-OH is 1. The first kappa shape index (κ1) is 16.5. The van der Waals surface area contributed by atoms with Crippen molar-refractivity contribution in [2.24, 2.45) is 0 Å². The molecule has 1 rings (SSSR count). The van der Waals surface area contributed by atoms with E-state index < -0.39 is 5.54 Å². The van der Waals surface area contributed by atoms with Gasteiger partial charge in [0, 0.05) is 13.3 Å². The third-order valence-electron chi connectivity index (χ3n) is 2.98. The van der Waals surface area contributed by atoms with E-state index >= 15 is 0 Å². The zero-order valence-corrected chi connectivity index (χ0v) is 12.3. The van der Waals surface area contributed by atoms with Crippen molar-refractivity contribution in [2.45, 2.75) is 38.8 Å². The number of anilines is 1. The minimum Gasteiger partial charge on any atom is -0.394 e. The van der Waals surface area contributed by atoms with Crippen LogP contribution in [0.2, 0.25) is 0 Å². The van der Waals surface area contributed by atoms with Gasteiger partial charge in [0.1, 0.15) is 0 Å². The number of ether oxygens (including phenoxy) is 1. The van der Waals surface area contributed by atoms with Gasteiger partial charge in [0.05, 0.1) is 37.2 Å². The largest absolute Gasteiger partial charge is 0.394 e. The van der Waals surface area contributed by atoms with Gasteiger partial charge in [-0.15, -0.1) is 0 Å². The number of hydrogen-bond acceptors (Lipinski definition) is 4. The number of aromatic nitrogens is 2. The van der Waals surface area contributed by atoms with E-state index in [0.29, 0.717) is 25.3 Å². The average Bonchev–Trinajstić information content (AvgIpc) is 2.83. The monoisotopic (exact) mass is 284 g/mol. The Morgan fingerprint density at radius 3 is 2.95 bits per heavy atom. The van der Waals surface area contributed by atoms with Crippen LogP contribution in [0.3, 0.4) is 0 Å². The van der Waals surface area contributed by atoms with Crippen LogP contribution in [0.25, 0.3) is 0 Å². The summed E-state index contributed by atoms with van der Waals surface area (Å²) in [5.41, 5.74) is 0.000572. The van der Waals surface area contributed by atoms with Crippen LogP contribution in [0.15, 0.2) is 12.4 Å². The van der Waals surface area contributed by atoms with Crippen LogP contribution in [0, 0.1) is 0 Å². The summed E-state index contributed by atoms with van der Waals surface area (Å²) in [7, 11) is 1.62. The summed E-state index contributed by atoms with van der Waals surface area (Å²) in [5, 5.41) is 18.9. The van der Waals surface area contributed by atoms with Gasteiger partial charge >= 0.3 is 6.03 Å². The minimum absolute atomic E-state index is 0.0959. The van der Waals surface area contributed by atoms with Crippen molar-refractivity contribution in [1.29, 1.82) is 0 Å². The number of carbonyl (C=O) groups is 1. The van der Waals surface area contributed by atoms with E-state index in [4.69, 9.17) is 4.74 Å². The molecule has 0 saturated carbocycles. The molecule has 1 aromatic heterocycles. The molecule has 114 valence electrons. The Kier molecular flexibility index (Phi) is 6.47. The highest BCUT2D eigenvalue weighted by molar-refractivity contribution is 5.89. The molecule has 0 radical (unpaired) electrons. The first-order valence-electron chi connectivity index (χ1n) is 6.74. The van der Waals surface area contributed by atoms with Crippen LogP contribution in [0.4, 0.5) is 10.5 Å². The van der Waals surface area contributed by atoms with Gasteiger partial charge in [0.2, 0.25) is 0 Å². The predicted molar refractivity (Wildman–Crippen MR) is 76.7 cm³/mol. The number of urea groups is 1. The van der Waals surface area contributed by atoms with Gasteiger partial charge in [-0.3, -0.25) is 4.68 Å². The summed E-state index contributed by atoms with van der Waals surface area (Å²) in [5.74, 6) is 0. The molecule has 0 aromatic carbocycles. The fourth-order valence-electron chi connectivity index (χ4n) is 1.90. The van der Waals surface area contributed by atoms with E-state index in [0.717, 1.165) is 6.42 Å². The molecule has 0 saturated heterocycles. The minimum atomic E-state index is -0.606. The molecule has 2 amide bonds. The highest BCUT2D eigenvalue weighted by atomic mass is 16.5. The maximum absolute atomic E-state index is 11.9. The van der Waals surface area contributed by atoms with Gasteiger partial charge in [-0.25, -0.2) is 4.79 Å². The maximum Gasteiger partial charge on any atom is 0.319 e. The molecule has 1 atom stereocenters. The fraction of sp³-hybridized carbons (Fsp3) is 0.692. The average molecular weight is 284 g/mol. The van der Waals surface area contributed by atoms with Crippen LogP contribution in [-0.2, 0) is 11.3 Å². The Morgan fingerprint density at radius 1 is 1.60 bits per heavy atom.